The van der Waals surface area contributed by atoms with Crippen molar-refractivity contribution in [2.24, 2.45) is 5.73 Å². The lowest BCUT2D eigenvalue weighted by atomic mass is 10.2. The van der Waals surface area contributed by atoms with Crippen molar-refractivity contribution in [2.75, 3.05) is 6.61 Å². The third kappa shape index (κ3) is 3.79. The van der Waals surface area contributed by atoms with E-state index in [-0.39, 0.29) is 0 Å². The first kappa shape index (κ1) is 14.5. The van der Waals surface area contributed by atoms with Crippen LogP contribution in [0.3, 0.4) is 0 Å². The molecule has 0 aliphatic carbocycles. The van der Waals surface area contributed by atoms with E-state index in [1.165, 1.54) is 11.3 Å². The molecule has 0 radical (unpaired) electrons. The number of ether oxygens (including phenoxy) is 2. The van der Waals surface area contributed by atoms with Crippen molar-refractivity contribution in [1.82, 2.24) is 4.98 Å². The summed E-state index contributed by atoms with van der Waals surface area (Å²) in [5.74, 6) is 0.340. The van der Waals surface area contributed by atoms with Crippen LogP contribution >= 0.6 is 11.3 Å². The fourth-order valence-corrected chi connectivity index (χ4v) is 2.27. The predicted octanol–water partition coefficient (Wildman–Crippen LogP) is 2.36. The normalized spacial score (nSPS) is 10.3. The number of rotatable bonds is 6. The fourth-order valence-electron chi connectivity index (χ4n) is 1.58. The van der Waals surface area contributed by atoms with Crippen LogP contribution in [0.1, 0.15) is 28.0 Å². The fraction of sp³-hybridized carbons (Fsp3) is 0.286. The summed E-state index contributed by atoms with van der Waals surface area (Å²) in [5.41, 5.74) is 7.29. The molecule has 2 aromatic rings. The molecule has 5 nitrogen and oxygen atoms in total. The highest BCUT2D eigenvalue weighted by Gasteiger charge is 2.12. The number of esters is 1. The highest BCUT2D eigenvalue weighted by Crippen LogP contribution is 2.16. The number of carbonyl (C=O) groups is 1. The van der Waals surface area contributed by atoms with Gasteiger partial charge in [0.15, 0.2) is 0 Å². The second-order valence-corrected chi connectivity index (χ2v) is 4.86. The van der Waals surface area contributed by atoms with E-state index in [4.69, 9.17) is 15.2 Å². The molecular formula is C14H16N2O3S. The maximum atomic E-state index is 11.5. The first-order chi connectivity index (χ1) is 9.72. The Morgan fingerprint density at radius 3 is 3.05 bits per heavy atom. The summed E-state index contributed by atoms with van der Waals surface area (Å²) >= 11 is 1.25. The number of carbonyl (C=O) groups excluding carboxylic acids is 1. The molecular weight excluding hydrogens is 276 g/mol. The zero-order valence-electron chi connectivity index (χ0n) is 11.2. The second-order valence-electron chi connectivity index (χ2n) is 4.00. The van der Waals surface area contributed by atoms with Crippen molar-refractivity contribution < 1.29 is 14.3 Å². The largest absolute Gasteiger partial charge is 0.487 e. The van der Waals surface area contributed by atoms with Crippen molar-refractivity contribution in [1.29, 1.82) is 0 Å². The molecule has 0 bridgehead atoms. The summed E-state index contributed by atoms with van der Waals surface area (Å²) < 4.78 is 10.5. The van der Waals surface area contributed by atoms with Crippen molar-refractivity contribution in [3.05, 3.63) is 45.9 Å². The Kier molecular flexibility index (Phi) is 5.09. The topological polar surface area (TPSA) is 74.4 Å². The summed E-state index contributed by atoms with van der Waals surface area (Å²) in [6, 6.07) is 7.58. The smallest absolute Gasteiger partial charge is 0.367 e. The molecule has 0 aliphatic rings. The highest BCUT2D eigenvalue weighted by molar-refractivity contribution is 7.11. The van der Waals surface area contributed by atoms with Crippen LogP contribution in [0.25, 0.3) is 0 Å². The van der Waals surface area contributed by atoms with Gasteiger partial charge in [-0.1, -0.05) is 12.1 Å². The molecule has 0 saturated heterocycles. The molecule has 0 saturated carbocycles. The van der Waals surface area contributed by atoms with Crippen LogP contribution < -0.4 is 10.5 Å². The molecule has 106 valence electrons. The number of nitrogens with zero attached hydrogens (tertiary/aromatic N) is 1. The van der Waals surface area contributed by atoms with Crippen LogP contribution in [0.5, 0.6) is 5.75 Å². The zero-order valence-corrected chi connectivity index (χ0v) is 12.0. The maximum Gasteiger partial charge on any atom is 0.367 e. The van der Waals surface area contributed by atoms with E-state index >= 15 is 0 Å². The van der Waals surface area contributed by atoms with Crippen LogP contribution in [-0.2, 0) is 17.9 Å². The van der Waals surface area contributed by atoms with Gasteiger partial charge in [0.25, 0.3) is 0 Å². The van der Waals surface area contributed by atoms with E-state index in [0.29, 0.717) is 30.5 Å². The van der Waals surface area contributed by atoms with Gasteiger partial charge in [-0.05, 0) is 24.6 Å². The third-order valence-corrected chi connectivity index (χ3v) is 3.39. The molecule has 0 amide bonds. The SMILES string of the molecule is CCOC(=O)c1nc(COc2cccc(CN)c2)cs1. The molecule has 0 atom stereocenters. The first-order valence-corrected chi connectivity index (χ1v) is 7.14. The Balaban J connectivity index is 1.95. The third-order valence-electron chi connectivity index (χ3n) is 2.52. The summed E-state index contributed by atoms with van der Waals surface area (Å²) in [7, 11) is 0. The number of thiazole rings is 1. The quantitative estimate of drug-likeness (QED) is 0.827. The van der Waals surface area contributed by atoms with Crippen LogP contribution in [0, 0.1) is 0 Å². The molecule has 0 unspecified atom stereocenters. The van der Waals surface area contributed by atoms with Gasteiger partial charge < -0.3 is 15.2 Å². The predicted molar refractivity (Wildman–Crippen MR) is 76.7 cm³/mol. The van der Waals surface area contributed by atoms with Gasteiger partial charge in [-0.2, -0.15) is 0 Å². The van der Waals surface area contributed by atoms with Gasteiger partial charge in [0.05, 0.1) is 12.3 Å². The van der Waals surface area contributed by atoms with Crippen molar-refractivity contribution in [2.45, 2.75) is 20.1 Å². The number of benzene rings is 1. The monoisotopic (exact) mass is 292 g/mol. The summed E-state index contributed by atoms with van der Waals surface area (Å²) in [5, 5.41) is 2.14. The van der Waals surface area contributed by atoms with E-state index < -0.39 is 5.97 Å². The molecule has 1 aromatic heterocycles. The molecule has 1 heterocycles. The lowest BCUT2D eigenvalue weighted by Gasteiger charge is -2.05. The second kappa shape index (κ2) is 7.02. The molecule has 2 N–H and O–H groups in total. The van der Waals surface area contributed by atoms with E-state index in [1.54, 1.807) is 12.3 Å². The maximum absolute atomic E-state index is 11.5. The lowest BCUT2D eigenvalue weighted by Crippen LogP contribution is -2.05. The van der Waals surface area contributed by atoms with Gasteiger partial charge in [-0.25, -0.2) is 9.78 Å². The van der Waals surface area contributed by atoms with Gasteiger partial charge in [0.2, 0.25) is 5.01 Å². The Labute approximate surface area is 121 Å². The molecule has 20 heavy (non-hydrogen) atoms. The van der Waals surface area contributed by atoms with Gasteiger partial charge in [-0.15, -0.1) is 11.3 Å². The Morgan fingerprint density at radius 1 is 1.45 bits per heavy atom. The Hall–Kier alpha value is -1.92. The number of aromatic nitrogens is 1. The van der Waals surface area contributed by atoms with Crippen molar-refractivity contribution >= 4 is 17.3 Å². The van der Waals surface area contributed by atoms with E-state index in [2.05, 4.69) is 4.98 Å². The minimum atomic E-state index is -0.395. The van der Waals surface area contributed by atoms with E-state index in [1.807, 2.05) is 24.3 Å². The molecule has 0 fully saturated rings. The summed E-state index contributed by atoms with van der Waals surface area (Å²) in [4.78, 5) is 15.7. The average molecular weight is 292 g/mol. The zero-order chi connectivity index (χ0) is 14.4. The molecule has 2 rings (SSSR count). The van der Waals surface area contributed by atoms with Crippen LogP contribution in [0.4, 0.5) is 0 Å². The van der Waals surface area contributed by atoms with E-state index in [9.17, 15) is 4.79 Å². The summed E-state index contributed by atoms with van der Waals surface area (Å²) in [6.45, 7) is 2.89. The minimum absolute atomic E-state index is 0.309. The highest BCUT2D eigenvalue weighted by atomic mass is 32.1. The van der Waals surface area contributed by atoms with Crippen LogP contribution in [0.2, 0.25) is 0 Å². The average Bonchev–Trinajstić information content (AvgIpc) is 2.94. The Morgan fingerprint density at radius 2 is 2.30 bits per heavy atom. The van der Waals surface area contributed by atoms with Gasteiger partial charge in [0, 0.05) is 11.9 Å². The van der Waals surface area contributed by atoms with E-state index in [0.717, 1.165) is 11.3 Å². The number of hydrogen-bond donors (Lipinski definition) is 1. The number of nitrogens with two attached hydrogens (primary N) is 1. The molecule has 0 spiro atoms. The first-order valence-electron chi connectivity index (χ1n) is 6.26. The lowest BCUT2D eigenvalue weighted by molar-refractivity contribution is 0.0525. The molecule has 6 heteroatoms. The molecule has 1 aromatic carbocycles. The van der Waals surface area contributed by atoms with Crippen molar-refractivity contribution in [3.8, 4) is 5.75 Å². The number of hydrogen-bond acceptors (Lipinski definition) is 6. The summed E-state index contributed by atoms with van der Waals surface area (Å²) in [6.07, 6.45) is 0. The van der Waals surface area contributed by atoms with Gasteiger partial charge in [0.1, 0.15) is 12.4 Å². The Bertz CT molecular complexity index is 583. The van der Waals surface area contributed by atoms with Gasteiger partial charge in [-0.3, -0.25) is 0 Å². The standard InChI is InChI=1S/C14H16N2O3S/c1-2-18-14(17)13-16-11(9-20-13)8-19-12-5-3-4-10(6-12)7-15/h3-6,9H,2,7-8,15H2,1H3. The van der Waals surface area contributed by atoms with Crippen LogP contribution in [0.15, 0.2) is 29.6 Å². The molecule has 0 aliphatic heterocycles. The van der Waals surface area contributed by atoms with Crippen molar-refractivity contribution in [3.63, 3.8) is 0 Å². The van der Waals surface area contributed by atoms with Gasteiger partial charge >= 0.3 is 5.97 Å². The minimum Gasteiger partial charge on any atom is -0.487 e. The van der Waals surface area contributed by atoms with Crippen LogP contribution in [-0.4, -0.2) is 17.6 Å².